The second-order valence-corrected chi connectivity index (χ2v) is 5.70. The molecule has 1 heterocycles. The highest BCUT2D eigenvalue weighted by atomic mass is 32.2. The Hall–Kier alpha value is 0.270. The zero-order valence-corrected chi connectivity index (χ0v) is 10.5. The van der Waals surface area contributed by atoms with Crippen molar-refractivity contribution in [1.82, 2.24) is 4.90 Å². The van der Waals surface area contributed by atoms with Crippen LogP contribution < -0.4 is 5.73 Å². The average Bonchev–Trinajstić information content (AvgIpc) is 2.14. The Bertz CT molecular complexity index is 163. The van der Waals surface area contributed by atoms with Crippen molar-refractivity contribution in [3.8, 4) is 0 Å². The van der Waals surface area contributed by atoms with Crippen molar-refractivity contribution in [3.05, 3.63) is 0 Å². The van der Waals surface area contributed by atoms with E-state index in [2.05, 4.69) is 25.7 Å². The Morgan fingerprint density at radius 1 is 1.57 bits per heavy atom. The molecule has 2 nitrogen and oxygen atoms in total. The number of likely N-dealkylation sites (tertiary alicyclic amines) is 1. The summed E-state index contributed by atoms with van der Waals surface area (Å²) in [6, 6.07) is 1.82. The normalized spacial score (nSPS) is 31.7. The van der Waals surface area contributed by atoms with Crippen LogP contribution in [0.2, 0.25) is 0 Å². The fourth-order valence-corrected chi connectivity index (χ4v) is 3.03. The summed E-state index contributed by atoms with van der Waals surface area (Å²) in [5.41, 5.74) is 5.96. The van der Waals surface area contributed by atoms with Gasteiger partial charge in [0.2, 0.25) is 0 Å². The summed E-state index contributed by atoms with van der Waals surface area (Å²) in [5, 5.41) is 0. The molecule has 0 bridgehead atoms. The standard InChI is InChI=1S/C11H24N2S/c1-4-14-8-10(3)13-6-5-11(12)7-9(13)2/h9-11H,4-8,12H2,1-3H3. The molecule has 0 amide bonds. The molecule has 0 aromatic carbocycles. The van der Waals surface area contributed by atoms with Gasteiger partial charge in [-0.3, -0.25) is 4.90 Å². The van der Waals surface area contributed by atoms with Crippen molar-refractivity contribution in [3.63, 3.8) is 0 Å². The second-order valence-electron chi connectivity index (χ2n) is 4.38. The molecule has 2 N–H and O–H groups in total. The van der Waals surface area contributed by atoms with Gasteiger partial charge in [0.15, 0.2) is 0 Å². The monoisotopic (exact) mass is 216 g/mol. The predicted octanol–water partition coefficient (Wildman–Crippen LogP) is 1.94. The lowest BCUT2D eigenvalue weighted by Gasteiger charge is -2.40. The van der Waals surface area contributed by atoms with E-state index in [-0.39, 0.29) is 0 Å². The topological polar surface area (TPSA) is 29.3 Å². The molecule has 3 heteroatoms. The van der Waals surface area contributed by atoms with Crippen molar-refractivity contribution in [2.24, 2.45) is 5.73 Å². The van der Waals surface area contributed by atoms with Crippen LogP contribution >= 0.6 is 11.8 Å². The SMILES string of the molecule is CCSCC(C)N1CCC(N)CC1C. The number of rotatable bonds is 4. The largest absolute Gasteiger partial charge is 0.328 e. The highest BCUT2D eigenvalue weighted by Crippen LogP contribution is 2.20. The molecule has 14 heavy (non-hydrogen) atoms. The minimum absolute atomic E-state index is 0.437. The molecular weight excluding hydrogens is 192 g/mol. The lowest BCUT2D eigenvalue weighted by molar-refractivity contribution is 0.115. The van der Waals surface area contributed by atoms with Crippen LogP contribution in [0.15, 0.2) is 0 Å². The van der Waals surface area contributed by atoms with Crippen LogP contribution in [-0.4, -0.2) is 41.1 Å². The first-order chi connectivity index (χ1) is 6.65. The molecule has 0 aliphatic carbocycles. The molecular formula is C11H24N2S. The summed E-state index contributed by atoms with van der Waals surface area (Å²) < 4.78 is 0. The molecule has 1 rings (SSSR count). The van der Waals surface area contributed by atoms with E-state index in [1.165, 1.54) is 30.9 Å². The summed E-state index contributed by atoms with van der Waals surface area (Å²) in [6.45, 7) is 8.07. The van der Waals surface area contributed by atoms with Crippen LogP contribution in [0.4, 0.5) is 0 Å². The van der Waals surface area contributed by atoms with Crippen molar-refractivity contribution >= 4 is 11.8 Å². The zero-order valence-electron chi connectivity index (χ0n) is 9.70. The van der Waals surface area contributed by atoms with Crippen molar-refractivity contribution in [2.75, 3.05) is 18.1 Å². The number of thioether (sulfide) groups is 1. The first-order valence-corrected chi connectivity index (χ1v) is 6.89. The smallest absolute Gasteiger partial charge is 0.0160 e. The first-order valence-electron chi connectivity index (χ1n) is 5.74. The van der Waals surface area contributed by atoms with Gasteiger partial charge in [0.05, 0.1) is 0 Å². The Morgan fingerprint density at radius 3 is 2.86 bits per heavy atom. The van der Waals surface area contributed by atoms with Gasteiger partial charge in [-0.25, -0.2) is 0 Å². The van der Waals surface area contributed by atoms with Crippen LogP contribution in [-0.2, 0) is 0 Å². The summed E-state index contributed by atoms with van der Waals surface area (Å²) in [7, 11) is 0. The second kappa shape index (κ2) is 5.99. The van der Waals surface area contributed by atoms with E-state index < -0.39 is 0 Å². The highest BCUT2D eigenvalue weighted by molar-refractivity contribution is 7.99. The molecule has 0 radical (unpaired) electrons. The molecule has 0 spiro atoms. The van der Waals surface area contributed by atoms with Gasteiger partial charge in [0.1, 0.15) is 0 Å². The molecule has 84 valence electrons. The van der Waals surface area contributed by atoms with Gasteiger partial charge in [-0.05, 0) is 32.4 Å². The third-order valence-corrected chi connectivity index (χ3v) is 4.22. The molecule has 1 fully saturated rings. The minimum atomic E-state index is 0.437. The lowest BCUT2D eigenvalue weighted by atomic mass is 9.98. The summed E-state index contributed by atoms with van der Waals surface area (Å²) in [6.07, 6.45) is 2.34. The maximum Gasteiger partial charge on any atom is 0.0160 e. The van der Waals surface area contributed by atoms with Crippen molar-refractivity contribution < 1.29 is 0 Å². The number of nitrogens with two attached hydrogens (primary N) is 1. The fraction of sp³-hybridized carbons (Fsp3) is 1.00. The first kappa shape index (κ1) is 12.3. The maximum atomic E-state index is 5.96. The number of hydrogen-bond acceptors (Lipinski definition) is 3. The zero-order chi connectivity index (χ0) is 10.6. The molecule has 3 atom stereocenters. The quantitative estimate of drug-likeness (QED) is 0.779. The third kappa shape index (κ3) is 3.44. The summed E-state index contributed by atoms with van der Waals surface area (Å²) >= 11 is 2.04. The Balaban J connectivity index is 2.35. The maximum absolute atomic E-state index is 5.96. The van der Waals surface area contributed by atoms with Gasteiger partial charge in [-0.1, -0.05) is 6.92 Å². The van der Waals surface area contributed by atoms with E-state index in [1.807, 2.05) is 11.8 Å². The fourth-order valence-electron chi connectivity index (χ4n) is 2.27. The van der Waals surface area contributed by atoms with Gasteiger partial charge < -0.3 is 5.73 Å². The molecule has 3 unspecified atom stereocenters. The van der Waals surface area contributed by atoms with E-state index in [4.69, 9.17) is 5.73 Å². The minimum Gasteiger partial charge on any atom is -0.328 e. The van der Waals surface area contributed by atoms with E-state index in [0.717, 1.165) is 0 Å². The number of hydrogen-bond donors (Lipinski definition) is 1. The van der Waals surface area contributed by atoms with E-state index in [1.54, 1.807) is 0 Å². The molecule has 0 saturated carbocycles. The van der Waals surface area contributed by atoms with Crippen LogP contribution in [0, 0.1) is 0 Å². The lowest BCUT2D eigenvalue weighted by Crippen LogP contribution is -2.50. The average molecular weight is 216 g/mol. The molecule has 1 aliphatic rings. The van der Waals surface area contributed by atoms with Gasteiger partial charge in [0, 0.05) is 30.4 Å². The van der Waals surface area contributed by atoms with E-state index >= 15 is 0 Å². The summed E-state index contributed by atoms with van der Waals surface area (Å²) in [4.78, 5) is 2.62. The molecule has 0 aromatic heterocycles. The van der Waals surface area contributed by atoms with Gasteiger partial charge in [-0.15, -0.1) is 0 Å². The molecule has 1 saturated heterocycles. The van der Waals surface area contributed by atoms with Crippen LogP contribution in [0.1, 0.15) is 33.6 Å². The predicted molar refractivity (Wildman–Crippen MR) is 65.8 cm³/mol. The molecule has 0 aromatic rings. The third-order valence-electron chi connectivity index (χ3n) is 3.10. The summed E-state index contributed by atoms with van der Waals surface area (Å²) in [5.74, 6) is 2.49. The van der Waals surface area contributed by atoms with Crippen LogP contribution in [0.5, 0.6) is 0 Å². The van der Waals surface area contributed by atoms with Crippen molar-refractivity contribution in [1.29, 1.82) is 0 Å². The van der Waals surface area contributed by atoms with Crippen LogP contribution in [0.25, 0.3) is 0 Å². The van der Waals surface area contributed by atoms with Gasteiger partial charge >= 0.3 is 0 Å². The Labute approximate surface area is 92.6 Å². The van der Waals surface area contributed by atoms with Gasteiger partial charge in [0.25, 0.3) is 0 Å². The number of nitrogens with zero attached hydrogens (tertiary/aromatic N) is 1. The van der Waals surface area contributed by atoms with Gasteiger partial charge in [-0.2, -0.15) is 11.8 Å². The van der Waals surface area contributed by atoms with E-state index in [0.29, 0.717) is 18.1 Å². The van der Waals surface area contributed by atoms with Crippen molar-refractivity contribution in [2.45, 2.75) is 51.7 Å². The van der Waals surface area contributed by atoms with E-state index in [9.17, 15) is 0 Å². The number of piperidine rings is 1. The Morgan fingerprint density at radius 2 is 2.29 bits per heavy atom. The highest BCUT2D eigenvalue weighted by Gasteiger charge is 2.26. The molecule has 1 aliphatic heterocycles. The Kier molecular flexibility index (Phi) is 5.28. The van der Waals surface area contributed by atoms with Crippen LogP contribution in [0.3, 0.4) is 0 Å².